The number of aromatic nitrogens is 2. The number of amides is 1. The molecule has 0 saturated carbocycles. The second-order valence-electron chi connectivity index (χ2n) is 3.80. The molecule has 94 valence electrons. The van der Waals surface area contributed by atoms with Gasteiger partial charge in [-0.15, -0.1) is 0 Å². The highest BCUT2D eigenvalue weighted by Crippen LogP contribution is 2.04. The number of anilines is 1. The molecule has 0 fully saturated rings. The van der Waals surface area contributed by atoms with Gasteiger partial charge in [-0.2, -0.15) is 0 Å². The summed E-state index contributed by atoms with van der Waals surface area (Å²) in [6.07, 6.45) is 5.79. The van der Waals surface area contributed by atoms with Gasteiger partial charge in [0, 0.05) is 6.04 Å². The molecule has 6 heteroatoms. The van der Waals surface area contributed by atoms with Gasteiger partial charge < -0.3 is 10.7 Å². The predicted octanol–water partition coefficient (Wildman–Crippen LogP) is 1.07. The third-order valence-corrected chi connectivity index (χ3v) is 2.48. The Morgan fingerprint density at radius 3 is 2.82 bits per heavy atom. The van der Waals surface area contributed by atoms with Crippen molar-refractivity contribution in [3.8, 4) is 0 Å². The van der Waals surface area contributed by atoms with Crippen molar-refractivity contribution in [2.75, 3.05) is 5.43 Å². The lowest BCUT2D eigenvalue weighted by Crippen LogP contribution is -2.35. The lowest BCUT2D eigenvalue weighted by atomic mass is 10.1. The Morgan fingerprint density at radius 2 is 2.24 bits per heavy atom. The first-order valence-corrected chi connectivity index (χ1v) is 5.80. The van der Waals surface area contributed by atoms with Crippen LogP contribution >= 0.6 is 0 Å². The zero-order valence-electron chi connectivity index (χ0n) is 10.2. The van der Waals surface area contributed by atoms with Crippen LogP contribution in [0.5, 0.6) is 0 Å². The zero-order chi connectivity index (χ0) is 12.7. The van der Waals surface area contributed by atoms with Crippen molar-refractivity contribution >= 4 is 11.7 Å². The van der Waals surface area contributed by atoms with Crippen molar-refractivity contribution < 1.29 is 4.79 Å². The Labute approximate surface area is 101 Å². The molecule has 6 nitrogen and oxygen atoms in total. The number of nitrogens with one attached hydrogen (secondary N) is 2. The van der Waals surface area contributed by atoms with Gasteiger partial charge in [0.25, 0.3) is 5.91 Å². The quantitative estimate of drug-likeness (QED) is 0.508. The Bertz CT molecular complexity index is 369. The lowest BCUT2D eigenvalue weighted by Gasteiger charge is -2.15. The fourth-order valence-electron chi connectivity index (χ4n) is 1.53. The average Bonchev–Trinajstić information content (AvgIpc) is 2.38. The van der Waals surface area contributed by atoms with E-state index in [1.807, 2.05) is 6.92 Å². The number of nitrogens with two attached hydrogens (primary N) is 1. The van der Waals surface area contributed by atoms with E-state index in [4.69, 9.17) is 5.84 Å². The number of carbonyl (C=O) groups excluding carboxylic acids is 1. The molecule has 0 radical (unpaired) electrons. The van der Waals surface area contributed by atoms with Gasteiger partial charge >= 0.3 is 0 Å². The van der Waals surface area contributed by atoms with Gasteiger partial charge in [0.05, 0.1) is 12.4 Å². The summed E-state index contributed by atoms with van der Waals surface area (Å²) in [6.45, 7) is 4.14. The summed E-state index contributed by atoms with van der Waals surface area (Å²) < 4.78 is 0. The molecule has 1 atom stereocenters. The molecule has 1 heterocycles. The fraction of sp³-hybridized carbons (Fsp3) is 0.545. The number of nitrogens with zero attached hydrogens (tertiary/aromatic N) is 2. The number of hydrogen-bond donors (Lipinski definition) is 3. The van der Waals surface area contributed by atoms with Gasteiger partial charge in [-0.25, -0.2) is 10.8 Å². The standard InChI is InChI=1S/C11H19N5O/c1-3-5-8(4-2)14-11(17)9-6-13-7-10(15-9)16-12/h6-8H,3-5,12H2,1-2H3,(H,14,17)(H,15,16). The topological polar surface area (TPSA) is 92.9 Å². The van der Waals surface area contributed by atoms with E-state index in [1.54, 1.807) is 0 Å². The maximum Gasteiger partial charge on any atom is 0.271 e. The molecule has 1 rings (SSSR count). The molecule has 0 saturated heterocycles. The third-order valence-electron chi connectivity index (χ3n) is 2.48. The molecule has 0 aliphatic rings. The van der Waals surface area contributed by atoms with Crippen LogP contribution in [0.4, 0.5) is 5.82 Å². The van der Waals surface area contributed by atoms with Crippen molar-refractivity contribution in [3.63, 3.8) is 0 Å². The van der Waals surface area contributed by atoms with Crippen LogP contribution < -0.4 is 16.6 Å². The van der Waals surface area contributed by atoms with Crippen molar-refractivity contribution in [2.24, 2.45) is 5.84 Å². The molecule has 0 spiro atoms. The predicted molar refractivity (Wildman–Crippen MR) is 66.3 cm³/mol. The van der Waals surface area contributed by atoms with Crippen LogP contribution in [0.25, 0.3) is 0 Å². The van der Waals surface area contributed by atoms with Gasteiger partial charge in [-0.1, -0.05) is 20.3 Å². The SMILES string of the molecule is CCCC(CC)NC(=O)c1cncc(NN)n1. The largest absolute Gasteiger partial charge is 0.348 e. The summed E-state index contributed by atoms with van der Waals surface area (Å²) in [5.41, 5.74) is 2.63. The maximum absolute atomic E-state index is 11.9. The second kappa shape index (κ2) is 6.80. The Morgan fingerprint density at radius 1 is 1.47 bits per heavy atom. The maximum atomic E-state index is 11.9. The van der Waals surface area contributed by atoms with Gasteiger partial charge in [0.2, 0.25) is 0 Å². The molecule has 0 bridgehead atoms. The highest BCUT2D eigenvalue weighted by Gasteiger charge is 2.13. The molecule has 1 unspecified atom stereocenters. The summed E-state index contributed by atoms with van der Waals surface area (Å²) in [7, 11) is 0. The molecule has 1 amide bonds. The monoisotopic (exact) mass is 237 g/mol. The molecular formula is C11H19N5O. The van der Waals surface area contributed by atoms with E-state index in [1.165, 1.54) is 12.4 Å². The summed E-state index contributed by atoms with van der Waals surface area (Å²) in [6, 6.07) is 0.184. The average molecular weight is 237 g/mol. The molecule has 1 aromatic rings. The fourth-order valence-corrected chi connectivity index (χ4v) is 1.53. The van der Waals surface area contributed by atoms with Crippen LogP contribution in [0.2, 0.25) is 0 Å². The summed E-state index contributed by atoms with van der Waals surface area (Å²) in [5, 5.41) is 2.93. The molecular weight excluding hydrogens is 218 g/mol. The van der Waals surface area contributed by atoms with Crippen molar-refractivity contribution in [1.29, 1.82) is 0 Å². The first kappa shape index (κ1) is 13.4. The molecule has 1 aromatic heterocycles. The summed E-state index contributed by atoms with van der Waals surface area (Å²) >= 11 is 0. The minimum absolute atomic E-state index is 0.184. The first-order chi connectivity index (χ1) is 8.21. The highest BCUT2D eigenvalue weighted by molar-refractivity contribution is 5.92. The van der Waals surface area contributed by atoms with Gasteiger partial charge in [-0.05, 0) is 12.8 Å². The lowest BCUT2D eigenvalue weighted by molar-refractivity contribution is 0.0928. The summed E-state index contributed by atoms with van der Waals surface area (Å²) in [5.74, 6) is 5.37. The first-order valence-electron chi connectivity index (χ1n) is 5.80. The van der Waals surface area contributed by atoms with E-state index in [2.05, 4.69) is 27.6 Å². The van der Waals surface area contributed by atoms with Crippen molar-refractivity contribution in [2.45, 2.75) is 39.2 Å². The Hall–Kier alpha value is -1.69. The minimum atomic E-state index is -0.213. The molecule has 17 heavy (non-hydrogen) atoms. The smallest absolute Gasteiger partial charge is 0.271 e. The number of carbonyl (C=O) groups is 1. The van der Waals surface area contributed by atoms with E-state index in [9.17, 15) is 4.79 Å². The molecule has 0 aliphatic carbocycles. The molecule has 0 aliphatic heterocycles. The van der Waals surface area contributed by atoms with Crippen molar-refractivity contribution in [3.05, 3.63) is 18.1 Å². The van der Waals surface area contributed by atoms with Crippen LogP contribution in [0.15, 0.2) is 12.4 Å². The van der Waals surface area contributed by atoms with E-state index >= 15 is 0 Å². The van der Waals surface area contributed by atoms with Crippen LogP contribution in [-0.2, 0) is 0 Å². The van der Waals surface area contributed by atoms with E-state index in [0.29, 0.717) is 5.82 Å². The molecule has 0 aromatic carbocycles. The van der Waals surface area contributed by atoms with Gasteiger partial charge in [0.15, 0.2) is 5.82 Å². The minimum Gasteiger partial charge on any atom is -0.348 e. The number of nitrogen functional groups attached to an aromatic ring is 1. The normalized spacial score (nSPS) is 11.9. The van der Waals surface area contributed by atoms with Crippen LogP contribution in [0.1, 0.15) is 43.6 Å². The van der Waals surface area contributed by atoms with E-state index in [-0.39, 0.29) is 17.6 Å². The Balaban J connectivity index is 2.68. The number of hydrogen-bond acceptors (Lipinski definition) is 5. The zero-order valence-corrected chi connectivity index (χ0v) is 10.2. The molecule has 4 N–H and O–H groups in total. The number of rotatable bonds is 6. The number of hydrazine groups is 1. The van der Waals surface area contributed by atoms with E-state index in [0.717, 1.165) is 19.3 Å². The van der Waals surface area contributed by atoms with Crippen LogP contribution in [0.3, 0.4) is 0 Å². The van der Waals surface area contributed by atoms with Crippen LogP contribution in [-0.4, -0.2) is 21.9 Å². The second-order valence-corrected chi connectivity index (χ2v) is 3.80. The summed E-state index contributed by atoms with van der Waals surface area (Å²) in [4.78, 5) is 19.8. The van der Waals surface area contributed by atoms with E-state index < -0.39 is 0 Å². The Kier molecular flexibility index (Phi) is 5.35. The van der Waals surface area contributed by atoms with Crippen molar-refractivity contribution in [1.82, 2.24) is 15.3 Å². The third kappa shape index (κ3) is 3.99. The van der Waals surface area contributed by atoms with Gasteiger partial charge in [0.1, 0.15) is 5.69 Å². The van der Waals surface area contributed by atoms with Crippen LogP contribution in [0, 0.1) is 0 Å². The highest BCUT2D eigenvalue weighted by atomic mass is 16.1. The van der Waals surface area contributed by atoms with Gasteiger partial charge in [-0.3, -0.25) is 9.78 Å².